The topological polar surface area (TPSA) is 77.2 Å². The summed E-state index contributed by atoms with van der Waals surface area (Å²) in [5.74, 6) is -0.265. The Labute approximate surface area is 100 Å². The molecule has 1 unspecified atom stereocenters. The van der Waals surface area contributed by atoms with Crippen molar-refractivity contribution in [3.63, 3.8) is 0 Å². The number of nitriles is 1. The van der Waals surface area contributed by atoms with Crippen molar-refractivity contribution in [2.45, 2.75) is 20.0 Å². The van der Waals surface area contributed by atoms with Crippen LogP contribution in [0.5, 0.6) is 0 Å². The second-order valence-electron chi connectivity index (χ2n) is 3.98. The van der Waals surface area contributed by atoms with Gasteiger partial charge in [0.2, 0.25) is 0 Å². The first-order valence-electron chi connectivity index (χ1n) is 5.27. The molecular formula is C12H15N3O2. The van der Waals surface area contributed by atoms with Crippen molar-refractivity contribution in [3.05, 3.63) is 29.1 Å². The van der Waals surface area contributed by atoms with E-state index in [1.165, 1.54) is 11.0 Å². The molecule has 0 saturated carbocycles. The predicted molar refractivity (Wildman–Crippen MR) is 62.3 cm³/mol. The zero-order chi connectivity index (χ0) is 13.0. The number of aromatic nitrogens is 1. The Balaban J connectivity index is 2.91. The lowest BCUT2D eigenvalue weighted by Gasteiger charge is -2.18. The molecule has 1 heterocycles. The summed E-state index contributed by atoms with van der Waals surface area (Å²) in [6.45, 7) is 3.55. The Kier molecular flexibility index (Phi) is 4.18. The van der Waals surface area contributed by atoms with Gasteiger partial charge in [0, 0.05) is 13.6 Å². The highest BCUT2D eigenvalue weighted by Gasteiger charge is 2.15. The molecule has 0 spiro atoms. The van der Waals surface area contributed by atoms with Gasteiger partial charge < -0.3 is 10.0 Å². The number of likely N-dealkylation sites (N-methyl/N-ethyl adjacent to an activating group) is 1. The van der Waals surface area contributed by atoms with Crippen molar-refractivity contribution >= 4 is 5.91 Å². The third-order valence-electron chi connectivity index (χ3n) is 2.31. The minimum atomic E-state index is -0.580. The summed E-state index contributed by atoms with van der Waals surface area (Å²) in [6.07, 6.45) is -0.580. The Morgan fingerprint density at radius 2 is 2.29 bits per heavy atom. The van der Waals surface area contributed by atoms with Crippen LogP contribution >= 0.6 is 0 Å². The largest absolute Gasteiger partial charge is 0.392 e. The molecule has 0 aromatic carbocycles. The van der Waals surface area contributed by atoms with Gasteiger partial charge in [0.15, 0.2) is 0 Å². The number of hydrogen-bond donors (Lipinski definition) is 1. The number of amides is 1. The number of hydrogen-bond acceptors (Lipinski definition) is 4. The Bertz CT molecular complexity index is 463. The van der Waals surface area contributed by atoms with Crippen LogP contribution in [0.4, 0.5) is 0 Å². The number of aliphatic hydroxyl groups excluding tert-OH is 1. The molecule has 1 rings (SSSR count). The Morgan fingerprint density at radius 3 is 2.76 bits per heavy atom. The Hall–Kier alpha value is -1.93. The number of aliphatic hydroxyl groups is 1. The SMILES string of the molecule is Cc1nc(C(=O)N(C)CC(C)O)ccc1C#N. The summed E-state index contributed by atoms with van der Waals surface area (Å²) in [6, 6.07) is 5.09. The molecule has 1 aromatic rings. The van der Waals surface area contributed by atoms with E-state index >= 15 is 0 Å². The van der Waals surface area contributed by atoms with Crippen molar-refractivity contribution in [1.82, 2.24) is 9.88 Å². The molecule has 0 aliphatic heterocycles. The summed E-state index contributed by atoms with van der Waals surface area (Å²) in [7, 11) is 1.60. The van der Waals surface area contributed by atoms with Crippen molar-refractivity contribution in [2.24, 2.45) is 0 Å². The molecule has 1 N–H and O–H groups in total. The molecule has 0 saturated heterocycles. The molecule has 90 valence electrons. The van der Waals surface area contributed by atoms with E-state index in [1.807, 2.05) is 6.07 Å². The quantitative estimate of drug-likeness (QED) is 0.834. The lowest BCUT2D eigenvalue weighted by molar-refractivity contribution is 0.0698. The fraction of sp³-hybridized carbons (Fsp3) is 0.417. The minimum Gasteiger partial charge on any atom is -0.392 e. The van der Waals surface area contributed by atoms with Gasteiger partial charge in [-0.2, -0.15) is 5.26 Å². The first kappa shape index (κ1) is 13.1. The third-order valence-corrected chi connectivity index (χ3v) is 2.31. The second kappa shape index (κ2) is 5.41. The molecule has 5 heteroatoms. The summed E-state index contributed by atoms with van der Waals surface area (Å²) < 4.78 is 0. The standard InChI is InChI=1S/C12H15N3O2/c1-8(16)7-15(3)12(17)11-5-4-10(6-13)9(2)14-11/h4-5,8,16H,7H2,1-3H3. The van der Waals surface area contributed by atoms with Crippen LogP contribution in [0.2, 0.25) is 0 Å². The van der Waals surface area contributed by atoms with E-state index in [0.717, 1.165) is 0 Å². The number of carbonyl (C=O) groups is 1. The minimum absolute atomic E-state index is 0.250. The predicted octanol–water partition coefficient (Wildman–Crippen LogP) is 0.714. The molecule has 1 aromatic heterocycles. The van der Waals surface area contributed by atoms with Crippen molar-refractivity contribution < 1.29 is 9.90 Å². The summed E-state index contributed by atoms with van der Waals surface area (Å²) in [5, 5.41) is 18.0. The van der Waals surface area contributed by atoms with Gasteiger partial charge in [-0.05, 0) is 26.0 Å². The van der Waals surface area contributed by atoms with Crippen molar-refractivity contribution in [2.75, 3.05) is 13.6 Å². The van der Waals surface area contributed by atoms with E-state index in [2.05, 4.69) is 4.98 Å². The molecule has 0 radical (unpaired) electrons. The number of rotatable bonds is 3. The highest BCUT2D eigenvalue weighted by atomic mass is 16.3. The van der Waals surface area contributed by atoms with Gasteiger partial charge in [-0.15, -0.1) is 0 Å². The van der Waals surface area contributed by atoms with Gasteiger partial charge >= 0.3 is 0 Å². The first-order valence-corrected chi connectivity index (χ1v) is 5.27. The van der Waals surface area contributed by atoms with Crippen LogP contribution < -0.4 is 0 Å². The number of pyridine rings is 1. The van der Waals surface area contributed by atoms with Crippen LogP contribution in [0.3, 0.4) is 0 Å². The van der Waals surface area contributed by atoms with E-state index in [4.69, 9.17) is 5.26 Å². The van der Waals surface area contributed by atoms with Gasteiger partial charge in [-0.1, -0.05) is 0 Å². The van der Waals surface area contributed by atoms with Gasteiger partial charge in [0.25, 0.3) is 5.91 Å². The maximum absolute atomic E-state index is 11.9. The van der Waals surface area contributed by atoms with Crippen LogP contribution in [0.1, 0.15) is 28.7 Å². The number of carbonyl (C=O) groups excluding carboxylic acids is 1. The van der Waals surface area contributed by atoms with Gasteiger partial charge in [0.1, 0.15) is 11.8 Å². The lowest BCUT2D eigenvalue weighted by Crippen LogP contribution is -2.33. The van der Waals surface area contributed by atoms with Crippen LogP contribution in [0.15, 0.2) is 12.1 Å². The molecule has 0 fully saturated rings. The third kappa shape index (κ3) is 3.26. The molecule has 1 amide bonds. The van der Waals surface area contributed by atoms with Gasteiger partial charge in [-0.3, -0.25) is 4.79 Å². The van der Waals surface area contributed by atoms with Gasteiger partial charge in [-0.25, -0.2) is 4.98 Å². The van der Waals surface area contributed by atoms with Crippen LogP contribution in [0.25, 0.3) is 0 Å². The summed E-state index contributed by atoms with van der Waals surface area (Å²) in [5.41, 5.74) is 1.27. The van der Waals surface area contributed by atoms with E-state index in [9.17, 15) is 9.90 Å². The second-order valence-corrected chi connectivity index (χ2v) is 3.98. The highest BCUT2D eigenvalue weighted by Crippen LogP contribution is 2.07. The number of nitrogens with zero attached hydrogens (tertiary/aromatic N) is 3. The molecule has 0 bridgehead atoms. The zero-order valence-corrected chi connectivity index (χ0v) is 10.1. The Morgan fingerprint density at radius 1 is 1.65 bits per heavy atom. The number of aryl methyl sites for hydroxylation is 1. The highest BCUT2D eigenvalue weighted by molar-refractivity contribution is 5.92. The van der Waals surface area contributed by atoms with Gasteiger partial charge in [0.05, 0.1) is 17.4 Å². The maximum Gasteiger partial charge on any atom is 0.272 e. The summed E-state index contributed by atoms with van der Waals surface area (Å²) in [4.78, 5) is 17.4. The monoisotopic (exact) mass is 233 g/mol. The summed E-state index contributed by atoms with van der Waals surface area (Å²) >= 11 is 0. The van der Waals surface area contributed by atoms with Crippen molar-refractivity contribution in [1.29, 1.82) is 5.26 Å². The van der Waals surface area contributed by atoms with E-state index in [0.29, 0.717) is 11.3 Å². The average Bonchev–Trinajstić information content (AvgIpc) is 2.27. The van der Waals surface area contributed by atoms with E-state index in [1.54, 1.807) is 27.0 Å². The van der Waals surface area contributed by atoms with Crippen LogP contribution in [-0.2, 0) is 0 Å². The van der Waals surface area contributed by atoms with Crippen LogP contribution in [-0.4, -0.2) is 40.6 Å². The molecule has 5 nitrogen and oxygen atoms in total. The van der Waals surface area contributed by atoms with E-state index < -0.39 is 6.10 Å². The molecule has 17 heavy (non-hydrogen) atoms. The molecule has 1 atom stereocenters. The fourth-order valence-corrected chi connectivity index (χ4v) is 1.47. The average molecular weight is 233 g/mol. The maximum atomic E-state index is 11.9. The molecule has 0 aliphatic carbocycles. The normalized spacial score (nSPS) is 11.7. The van der Waals surface area contributed by atoms with Crippen molar-refractivity contribution in [3.8, 4) is 6.07 Å². The molecule has 0 aliphatic rings. The first-order chi connectivity index (χ1) is 7.95. The van der Waals surface area contributed by atoms with E-state index in [-0.39, 0.29) is 18.1 Å². The smallest absolute Gasteiger partial charge is 0.272 e. The zero-order valence-electron chi connectivity index (χ0n) is 10.1. The fourth-order valence-electron chi connectivity index (χ4n) is 1.47. The van der Waals surface area contributed by atoms with Crippen LogP contribution in [0, 0.1) is 18.3 Å². The molecular weight excluding hydrogens is 218 g/mol. The lowest BCUT2D eigenvalue weighted by atomic mass is 10.2.